The van der Waals surface area contributed by atoms with Crippen LogP contribution in [0, 0.1) is 6.92 Å². The number of hydrogen-bond donors (Lipinski definition) is 2. The number of aromatic nitrogens is 2. The predicted octanol–water partition coefficient (Wildman–Crippen LogP) is 2.25. The van der Waals surface area contributed by atoms with E-state index in [4.69, 9.17) is 5.73 Å². The number of nitrogens with two attached hydrogens (primary N) is 1. The van der Waals surface area contributed by atoms with Crippen molar-refractivity contribution in [2.45, 2.75) is 33.7 Å². The van der Waals surface area contributed by atoms with Crippen LogP contribution in [-0.2, 0) is 4.79 Å². The number of anilines is 2. The molecule has 1 atom stereocenters. The lowest BCUT2D eigenvalue weighted by Crippen LogP contribution is -2.41. The minimum Gasteiger partial charge on any atom is -0.368 e. The van der Waals surface area contributed by atoms with E-state index >= 15 is 0 Å². The van der Waals surface area contributed by atoms with Crippen molar-refractivity contribution < 1.29 is 4.79 Å². The molecule has 2 aromatic rings. The number of amides is 1. The summed E-state index contributed by atoms with van der Waals surface area (Å²) in [6.45, 7) is 9.18. The summed E-state index contributed by atoms with van der Waals surface area (Å²) < 4.78 is 0. The van der Waals surface area contributed by atoms with Gasteiger partial charge in [0.1, 0.15) is 16.7 Å². The molecule has 0 aliphatic carbocycles. The Balaban J connectivity index is 2.28. The molecule has 1 unspecified atom stereocenters. The van der Waals surface area contributed by atoms with Crippen LogP contribution in [0.1, 0.15) is 25.6 Å². The molecule has 0 radical (unpaired) electrons. The summed E-state index contributed by atoms with van der Waals surface area (Å²) in [4.78, 5) is 24.6. The molecule has 0 spiro atoms. The molecule has 114 valence electrons. The summed E-state index contributed by atoms with van der Waals surface area (Å²) in [5.41, 5.74) is 5.75. The van der Waals surface area contributed by atoms with Crippen LogP contribution in [0.5, 0.6) is 0 Å². The van der Waals surface area contributed by atoms with Gasteiger partial charge in [-0.15, -0.1) is 11.3 Å². The minimum atomic E-state index is -0.359. The van der Waals surface area contributed by atoms with E-state index in [1.807, 2.05) is 33.8 Å². The highest BCUT2D eigenvalue weighted by Crippen LogP contribution is 2.29. The summed E-state index contributed by atoms with van der Waals surface area (Å²) in [6, 6.07) is 1.65. The number of hydrogen-bond acceptors (Lipinski definition) is 6. The Labute approximate surface area is 128 Å². The number of rotatable bonds is 5. The molecule has 2 rings (SSSR count). The highest BCUT2D eigenvalue weighted by molar-refractivity contribution is 7.18. The van der Waals surface area contributed by atoms with Crippen molar-refractivity contribution in [2.24, 2.45) is 0 Å². The summed E-state index contributed by atoms with van der Waals surface area (Å²) in [7, 11) is 0. The molecule has 6 nitrogen and oxygen atoms in total. The molecule has 2 heterocycles. The maximum absolute atomic E-state index is 12.3. The van der Waals surface area contributed by atoms with E-state index in [-0.39, 0.29) is 17.9 Å². The van der Waals surface area contributed by atoms with E-state index in [0.29, 0.717) is 18.9 Å². The number of nitrogens with one attached hydrogen (secondary N) is 1. The summed E-state index contributed by atoms with van der Waals surface area (Å²) in [5.74, 6) is 0.890. The third-order valence-electron chi connectivity index (χ3n) is 3.33. The average molecular weight is 307 g/mol. The van der Waals surface area contributed by atoms with Gasteiger partial charge in [-0.1, -0.05) is 0 Å². The van der Waals surface area contributed by atoms with E-state index in [9.17, 15) is 4.79 Å². The van der Waals surface area contributed by atoms with Crippen LogP contribution in [-0.4, -0.2) is 39.9 Å². The van der Waals surface area contributed by atoms with Gasteiger partial charge in [0.15, 0.2) is 0 Å². The second-order valence-corrected chi connectivity index (χ2v) is 6.12. The van der Waals surface area contributed by atoms with Gasteiger partial charge in [0.05, 0.1) is 5.39 Å². The van der Waals surface area contributed by atoms with E-state index in [1.54, 1.807) is 16.2 Å². The molecule has 21 heavy (non-hydrogen) atoms. The second kappa shape index (κ2) is 6.26. The number of carbonyl (C=O) groups excluding carboxylic acids is 1. The highest BCUT2D eigenvalue weighted by Gasteiger charge is 2.20. The third kappa shape index (κ3) is 3.24. The molecular formula is C14H21N5OS. The standard InChI is InChI=1S/C14H21N5OS/c1-5-19(6-2)13(20)9(4)16-11-10-7-8(3)21-12(10)18-14(15)17-11/h7,9H,5-6H2,1-4H3,(H3,15,16,17,18). The van der Waals surface area contributed by atoms with E-state index in [2.05, 4.69) is 15.3 Å². The Morgan fingerprint density at radius 1 is 1.43 bits per heavy atom. The Bertz CT molecular complexity index is 650. The largest absolute Gasteiger partial charge is 0.368 e. The zero-order valence-electron chi connectivity index (χ0n) is 12.8. The molecule has 0 saturated heterocycles. The lowest BCUT2D eigenvalue weighted by atomic mass is 10.2. The third-order valence-corrected chi connectivity index (χ3v) is 4.28. The first-order valence-electron chi connectivity index (χ1n) is 7.05. The summed E-state index contributed by atoms with van der Waals surface area (Å²) in [5, 5.41) is 4.08. The molecule has 2 aromatic heterocycles. The van der Waals surface area contributed by atoms with Gasteiger partial charge in [-0.05, 0) is 33.8 Å². The van der Waals surface area contributed by atoms with Crippen molar-refractivity contribution >= 4 is 39.2 Å². The number of nitrogens with zero attached hydrogens (tertiary/aromatic N) is 3. The minimum absolute atomic E-state index is 0.0530. The van der Waals surface area contributed by atoms with Crippen LogP contribution in [0.4, 0.5) is 11.8 Å². The Morgan fingerprint density at radius 2 is 2.10 bits per heavy atom. The molecule has 3 N–H and O–H groups in total. The van der Waals surface area contributed by atoms with Gasteiger partial charge in [0.2, 0.25) is 11.9 Å². The van der Waals surface area contributed by atoms with Crippen LogP contribution >= 0.6 is 11.3 Å². The van der Waals surface area contributed by atoms with Crippen LogP contribution in [0.3, 0.4) is 0 Å². The Hall–Kier alpha value is -1.89. The van der Waals surface area contributed by atoms with Crippen LogP contribution < -0.4 is 11.1 Å². The van der Waals surface area contributed by atoms with Crippen molar-refractivity contribution in [1.29, 1.82) is 0 Å². The van der Waals surface area contributed by atoms with Crippen molar-refractivity contribution in [3.05, 3.63) is 10.9 Å². The van der Waals surface area contributed by atoms with Gasteiger partial charge in [0, 0.05) is 18.0 Å². The van der Waals surface area contributed by atoms with Crippen molar-refractivity contribution in [3.63, 3.8) is 0 Å². The van der Waals surface area contributed by atoms with Gasteiger partial charge in [0.25, 0.3) is 0 Å². The number of carbonyl (C=O) groups is 1. The monoisotopic (exact) mass is 307 g/mol. The number of thiophene rings is 1. The van der Waals surface area contributed by atoms with Crippen LogP contribution in [0.2, 0.25) is 0 Å². The van der Waals surface area contributed by atoms with Crippen LogP contribution in [0.25, 0.3) is 10.2 Å². The van der Waals surface area contributed by atoms with Crippen molar-refractivity contribution in [1.82, 2.24) is 14.9 Å². The molecule has 0 saturated carbocycles. The first-order chi connectivity index (χ1) is 9.96. The fourth-order valence-corrected chi connectivity index (χ4v) is 3.13. The van der Waals surface area contributed by atoms with E-state index < -0.39 is 0 Å². The molecule has 0 bridgehead atoms. The lowest BCUT2D eigenvalue weighted by molar-refractivity contribution is -0.131. The maximum Gasteiger partial charge on any atom is 0.244 e. The number of nitrogen functional groups attached to an aromatic ring is 1. The highest BCUT2D eigenvalue weighted by atomic mass is 32.1. The fourth-order valence-electron chi connectivity index (χ4n) is 2.24. The topological polar surface area (TPSA) is 84.1 Å². The average Bonchev–Trinajstić information content (AvgIpc) is 2.80. The molecule has 0 aliphatic rings. The van der Waals surface area contributed by atoms with E-state index in [0.717, 1.165) is 15.1 Å². The second-order valence-electron chi connectivity index (χ2n) is 4.88. The van der Waals surface area contributed by atoms with Gasteiger partial charge >= 0.3 is 0 Å². The zero-order valence-corrected chi connectivity index (χ0v) is 13.6. The number of fused-ring (bicyclic) bond motifs is 1. The maximum atomic E-state index is 12.3. The predicted molar refractivity (Wildman–Crippen MR) is 87.6 cm³/mol. The molecule has 7 heteroatoms. The Kier molecular flexibility index (Phi) is 4.62. The lowest BCUT2D eigenvalue weighted by Gasteiger charge is -2.23. The Morgan fingerprint density at radius 3 is 2.71 bits per heavy atom. The number of aryl methyl sites for hydroxylation is 1. The summed E-state index contributed by atoms with van der Waals surface area (Å²) in [6.07, 6.45) is 0. The molecule has 0 aliphatic heterocycles. The van der Waals surface area contributed by atoms with E-state index in [1.165, 1.54) is 0 Å². The fraction of sp³-hybridized carbons (Fsp3) is 0.500. The van der Waals surface area contributed by atoms with Gasteiger partial charge < -0.3 is 16.0 Å². The molecule has 1 amide bonds. The zero-order chi connectivity index (χ0) is 15.6. The normalized spacial score (nSPS) is 12.4. The first kappa shape index (κ1) is 15.5. The molecular weight excluding hydrogens is 286 g/mol. The van der Waals surface area contributed by atoms with Crippen LogP contribution in [0.15, 0.2) is 6.07 Å². The first-order valence-corrected chi connectivity index (χ1v) is 7.86. The number of likely N-dealkylation sites (N-methyl/N-ethyl adjacent to an activating group) is 1. The molecule has 0 aromatic carbocycles. The molecule has 0 fully saturated rings. The van der Waals surface area contributed by atoms with Gasteiger partial charge in [-0.25, -0.2) is 4.98 Å². The van der Waals surface area contributed by atoms with Crippen molar-refractivity contribution in [3.8, 4) is 0 Å². The van der Waals surface area contributed by atoms with Gasteiger partial charge in [-0.2, -0.15) is 4.98 Å². The van der Waals surface area contributed by atoms with Gasteiger partial charge in [-0.3, -0.25) is 4.79 Å². The summed E-state index contributed by atoms with van der Waals surface area (Å²) >= 11 is 1.56. The van der Waals surface area contributed by atoms with Crippen molar-refractivity contribution in [2.75, 3.05) is 24.1 Å². The quantitative estimate of drug-likeness (QED) is 0.885. The SMILES string of the molecule is CCN(CC)C(=O)C(C)Nc1nc(N)nc2sc(C)cc12. The smallest absolute Gasteiger partial charge is 0.244 e.